The fourth-order valence-electron chi connectivity index (χ4n) is 0.576. The van der Waals surface area contributed by atoms with Gasteiger partial charge in [0, 0.05) is 0 Å². The molecule has 0 rings (SSSR count). The van der Waals surface area contributed by atoms with Gasteiger partial charge in [0.1, 0.15) is 5.76 Å². The molecule has 0 heterocycles. The summed E-state index contributed by atoms with van der Waals surface area (Å²) in [5.41, 5.74) is 0.932. The van der Waals surface area contributed by atoms with Gasteiger partial charge in [-0.05, 0) is 25.5 Å². The predicted octanol–water partition coefficient (Wildman–Crippen LogP) is 3.70. The summed E-state index contributed by atoms with van der Waals surface area (Å²) in [5, 5.41) is 0. The van der Waals surface area contributed by atoms with E-state index in [0.717, 1.165) is 11.3 Å². The highest BCUT2D eigenvalue weighted by atomic mass is 16.5. The third kappa shape index (κ3) is 7.13. The molecule has 1 nitrogen and oxygen atoms in total. The molecule has 1 heteroatoms. The van der Waals surface area contributed by atoms with Crippen molar-refractivity contribution >= 4 is 0 Å². The second kappa shape index (κ2) is 10.0. The van der Waals surface area contributed by atoms with Crippen LogP contribution in [0.1, 0.15) is 27.7 Å². The average Bonchev–Trinajstić information content (AvgIpc) is 2.08. The first-order chi connectivity index (χ1) is 5.72. The molecule has 0 aliphatic rings. The fraction of sp³-hybridized carbons (Fsp3) is 0.455. The Morgan fingerprint density at radius 3 is 2.17 bits per heavy atom. The summed E-state index contributed by atoms with van der Waals surface area (Å²) in [6.07, 6.45) is 3.51. The number of rotatable bonds is 4. The van der Waals surface area contributed by atoms with Gasteiger partial charge in [0.2, 0.25) is 0 Å². The lowest BCUT2D eigenvalue weighted by Gasteiger charge is -2.05. The van der Waals surface area contributed by atoms with Crippen LogP contribution in [-0.4, -0.2) is 6.61 Å². The molecule has 0 aliphatic carbocycles. The quantitative estimate of drug-likeness (QED) is 0.459. The molecule has 0 saturated carbocycles. The van der Waals surface area contributed by atoms with Crippen LogP contribution in [-0.2, 0) is 4.74 Å². The van der Waals surface area contributed by atoms with Gasteiger partial charge in [-0.2, -0.15) is 0 Å². The van der Waals surface area contributed by atoms with Crippen molar-refractivity contribution in [2.75, 3.05) is 6.61 Å². The Kier molecular flexibility index (Phi) is 11.4. The van der Waals surface area contributed by atoms with E-state index in [9.17, 15) is 0 Å². The molecule has 0 amide bonds. The van der Waals surface area contributed by atoms with Gasteiger partial charge in [0.15, 0.2) is 0 Å². The molecule has 0 radical (unpaired) electrons. The van der Waals surface area contributed by atoms with E-state index in [-0.39, 0.29) is 0 Å². The van der Waals surface area contributed by atoms with Crippen molar-refractivity contribution in [2.24, 2.45) is 0 Å². The minimum absolute atomic E-state index is 0.673. The van der Waals surface area contributed by atoms with Gasteiger partial charge >= 0.3 is 0 Å². The number of hydrogen-bond acceptors (Lipinski definition) is 1. The Labute approximate surface area is 76.4 Å². The van der Waals surface area contributed by atoms with E-state index in [0.29, 0.717) is 6.61 Å². The van der Waals surface area contributed by atoms with Crippen molar-refractivity contribution in [2.45, 2.75) is 27.7 Å². The molecule has 0 spiro atoms. The van der Waals surface area contributed by atoms with E-state index < -0.39 is 0 Å². The number of ether oxygens (including phenoxy) is 1. The summed E-state index contributed by atoms with van der Waals surface area (Å²) < 4.78 is 5.23. The summed E-state index contributed by atoms with van der Waals surface area (Å²) in [4.78, 5) is 0. The molecular weight excluding hydrogens is 148 g/mol. The van der Waals surface area contributed by atoms with Crippen LogP contribution in [0.3, 0.4) is 0 Å². The smallest absolute Gasteiger partial charge is 0.121 e. The summed E-state index contributed by atoms with van der Waals surface area (Å²) in [6, 6.07) is 0. The van der Waals surface area contributed by atoms with Crippen molar-refractivity contribution in [1.82, 2.24) is 0 Å². The molecule has 0 N–H and O–H groups in total. The van der Waals surface area contributed by atoms with Gasteiger partial charge < -0.3 is 4.74 Å². The Morgan fingerprint density at radius 2 is 1.92 bits per heavy atom. The Bertz CT molecular complexity index is 154. The molecular formula is C11H20O. The van der Waals surface area contributed by atoms with Crippen molar-refractivity contribution in [3.8, 4) is 0 Å². The zero-order chi connectivity index (χ0) is 9.98. The zero-order valence-corrected chi connectivity index (χ0v) is 8.68. The minimum Gasteiger partial charge on any atom is -0.494 e. The first kappa shape index (κ1) is 13.6. The maximum atomic E-state index is 5.23. The lowest BCUT2D eigenvalue weighted by atomic mass is 10.3. The molecule has 0 fully saturated rings. The molecule has 0 aromatic rings. The number of allylic oxidation sites excluding steroid dienone is 3. The second-order valence-electron chi connectivity index (χ2n) is 1.98. The molecule has 0 unspecified atom stereocenters. The number of hydrogen-bond donors (Lipinski definition) is 0. The Morgan fingerprint density at radius 1 is 1.42 bits per heavy atom. The molecule has 0 aliphatic heterocycles. The van der Waals surface area contributed by atoms with E-state index in [1.807, 2.05) is 33.8 Å². The predicted molar refractivity (Wildman–Crippen MR) is 56.1 cm³/mol. The van der Waals surface area contributed by atoms with Gasteiger partial charge in [-0.15, -0.1) is 0 Å². The SMILES string of the molecule is C=C/C=C(/OCC)C(=C)C.CC. The van der Waals surface area contributed by atoms with Crippen molar-refractivity contribution in [3.63, 3.8) is 0 Å². The highest BCUT2D eigenvalue weighted by Gasteiger charge is 1.93. The molecule has 0 aromatic carbocycles. The van der Waals surface area contributed by atoms with Gasteiger partial charge in [0.25, 0.3) is 0 Å². The standard InChI is InChI=1S/C9H14O.C2H6/c1-5-7-9(8(3)4)10-6-2;1-2/h5,7H,1,3,6H2,2,4H3;1-2H3/b9-7+;. The largest absolute Gasteiger partial charge is 0.494 e. The molecule has 0 atom stereocenters. The van der Waals surface area contributed by atoms with Crippen LogP contribution in [0, 0.1) is 0 Å². The topological polar surface area (TPSA) is 9.23 Å². The van der Waals surface area contributed by atoms with Gasteiger partial charge in [-0.1, -0.05) is 33.1 Å². The monoisotopic (exact) mass is 168 g/mol. The molecule has 70 valence electrons. The van der Waals surface area contributed by atoms with Gasteiger partial charge in [0.05, 0.1) is 6.61 Å². The molecule has 0 aromatic heterocycles. The van der Waals surface area contributed by atoms with Crippen molar-refractivity contribution in [3.05, 3.63) is 36.6 Å². The van der Waals surface area contributed by atoms with E-state index >= 15 is 0 Å². The third-order valence-corrected chi connectivity index (χ3v) is 0.990. The second-order valence-corrected chi connectivity index (χ2v) is 1.98. The first-order valence-electron chi connectivity index (χ1n) is 4.33. The van der Waals surface area contributed by atoms with E-state index in [1.165, 1.54) is 0 Å². The van der Waals surface area contributed by atoms with Crippen LogP contribution < -0.4 is 0 Å². The Balaban J connectivity index is 0. The minimum atomic E-state index is 0.673. The summed E-state index contributed by atoms with van der Waals surface area (Å²) in [5.74, 6) is 0.817. The lowest BCUT2D eigenvalue weighted by Crippen LogP contribution is -1.91. The molecule has 0 saturated heterocycles. The summed E-state index contributed by atoms with van der Waals surface area (Å²) in [7, 11) is 0. The van der Waals surface area contributed by atoms with Crippen molar-refractivity contribution in [1.29, 1.82) is 0 Å². The average molecular weight is 168 g/mol. The van der Waals surface area contributed by atoms with Crippen molar-refractivity contribution < 1.29 is 4.74 Å². The van der Waals surface area contributed by atoms with E-state index in [4.69, 9.17) is 4.74 Å². The normalized spacial score (nSPS) is 9.50. The van der Waals surface area contributed by atoms with Crippen LogP contribution in [0.25, 0.3) is 0 Å². The first-order valence-corrected chi connectivity index (χ1v) is 4.33. The summed E-state index contributed by atoms with van der Waals surface area (Å²) >= 11 is 0. The maximum Gasteiger partial charge on any atom is 0.121 e. The van der Waals surface area contributed by atoms with Crippen LogP contribution in [0.2, 0.25) is 0 Å². The Hall–Kier alpha value is -0.980. The van der Waals surface area contributed by atoms with E-state index in [1.54, 1.807) is 6.08 Å². The highest BCUT2D eigenvalue weighted by molar-refractivity contribution is 5.23. The van der Waals surface area contributed by atoms with Gasteiger partial charge in [-0.25, -0.2) is 0 Å². The van der Waals surface area contributed by atoms with Crippen LogP contribution in [0.15, 0.2) is 36.6 Å². The van der Waals surface area contributed by atoms with Crippen LogP contribution >= 0.6 is 0 Å². The van der Waals surface area contributed by atoms with Crippen LogP contribution in [0.4, 0.5) is 0 Å². The maximum absolute atomic E-state index is 5.23. The molecule has 0 bridgehead atoms. The van der Waals surface area contributed by atoms with Crippen LogP contribution in [0.5, 0.6) is 0 Å². The summed E-state index contributed by atoms with van der Waals surface area (Å²) in [6.45, 7) is 15.8. The molecule has 12 heavy (non-hydrogen) atoms. The lowest BCUT2D eigenvalue weighted by molar-refractivity contribution is 0.238. The third-order valence-electron chi connectivity index (χ3n) is 0.990. The highest BCUT2D eigenvalue weighted by Crippen LogP contribution is 2.07. The zero-order valence-electron chi connectivity index (χ0n) is 8.68. The fourth-order valence-corrected chi connectivity index (χ4v) is 0.576. The van der Waals surface area contributed by atoms with E-state index in [2.05, 4.69) is 13.2 Å². The van der Waals surface area contributed by atoms with Gasteiger partial charge in [-0.3, -0.25) is 0 Å².